The molecule has 0 fully saturated rings. The molecule has 0 aliphatic carbocycles. The van der Waals surface area contributed by atoms with Gasteiger partial charge in [-0.25, -0.2) is 4.39 Å². The number of carbonyl (C=O) groups is 1. The van der Waals surface area contributed by atoms with Gasteiger partial charge >= 0.3 is 0 Å². The Hall–Kier alpha value is -1.58. The SMILES string of the molecule is C[C@H](F)C(=O)Nc1ccc(N)cc1. The van der Waals surface area contributed by atoms with Crippen LogP contribution in [0.15, 0.2) is 24.3 Å². The van der Waals surface area contributed by atoms with Gasteiger partial charge in [0.25, 0.3) is 5.91 Å². The van der Waals surface area contributed by atoms with Crippen LogP contribution in [0.3, 0.4) is 0 Å². The Morgan fingerprint density at radius 3 is 2.46 bits per heavy atom. The first-order valence-corrected chi connectivity index (χ1v) is 3.90. The number of hydrogen-bond acceptors (Lipinski definition) is 2. The van der Waals surface area contributed by atoms with E-state index in [2.05, 4.69) is 5.32 Å². The lowest BCUT2D eigenvalue weighted by Gasteiger charge is -2.05. The smallest absolute Gasteiger partial charge is 0.258 e. The molecule has 3 nitrogen and oxygen atoms in total. The number of rotatable bonds is 2. The first-order valence-electron chi connectivity index (χ1n) is 3.90. The van der Waals surface area contributed by atoms with Gasteiger partial charge in [-0.05, 0) is 31.2 Å². The van der Waals surface area contributed by atoms with Crippen molar-refractivity contribution < 1.29 is 9.18 Å². The molecule has 0 unspecified atom stereocenters. The lowest BCUT2D eigenvalue weighted by atomic mass is 10.3. The zero-order valence-corrected chi connectivity index (χ0v) is 7.25. The molecule has 0 saturated carbocycles. The third-order valence-corrected chi connectivity index (χ3v) is 1.54. The Kier molecular flexibility index (Phi) is 2.84. The predicted octanol–water partition coefficient (Wildman–Crippen LogP) is 1.57. The molecule has 0 saturated heterocycles. The standard InChI is InChI=1S/C9H11FN2O/c1-6(10)9(13)12-8-4-2-7(11)3-5-8/h2-6H,11H2,1H3,(H,12,13)/t6-/m0/s1. The number of anilines is 2. The summed E-state index contributed by atoms with van der Waals surface area (Å²) in [6, 6.07) is 6.52. The van der Waals surface area contributed by atoms with Crippen molar-refractivity contribution in [1.82, 2.24) is 0 Å². The third kappa shape index (κ3) is 2.74. The molecule has 0 spiro atoms. The van der Waals surface area contributed by atoms with Gasteiger partial charge in [0.2, 0.25) is 0 Å². The Labute approximate surface area is 75.7 Å². The van der Waals surface area contributed by atoms with E-state index in [1.54, 1.807) is 24.3 Å². The summed E-state index contributed by atoms with van der Waals surface area (Å²) >= 11 is 0. The number of amides is 1. The van der Waals surface area contributed by atoms with Gasteiger partial charge in [0, 0.05) is 11.4 Å². The Morgan fingerprint density at radius 1 is 1.46 bits per heavy atom. The zero-order chi connectivity index (χ0) is 9.84. The van der Waals surface area contributed by atoms with Crippen LogP contribution < -0.4 is 11.1 Å². The molecule has 0 radical (unpaired) electrons. The fraction of sp³-hybridized carbons (Fsp3) is 0.222. The summed E-state index contributed by atoms with van der Waals surface area (Å²) in [4.78, 5) is 10.9. The van der Waals surface area contributed by atoms with E-state index < -0.39 is 12.1 Å². The second kappa shape index (κ2) is 3.89. The molecule has 0 aromatic heterocycles. The molecule has 13 heavy (non-hydrogen) atoms. The van der Waals surface area contributed by atoms with E-state index in [-0.39, 0.29) is 0 Å². The second-order valence-corrected chi connectivity index (χ2v) is 2.73. The minimum absolute atomic E-state index is 0.545. The normalized spacial score (nSPS) is 12.2. The van der Waals surface area contributed by atoms with Crippen molar-refractivity contribution in [2.75, 3.05) is 11.1 Å². The van der Waals surface area contributed by atoms with E-state index in [4.69, 9.17) is 5.73 Å². The van der Waals surface area contributed by atoms with Gasteiger partial charge in [-0.3, -0.25) is 4.79 Å². The van der Waals surface area contributed by atoms with E-state index >= 15 is 0 Å². The fourth-order valence-electron chi connectivity index (χ4n) is 0.808. The maximum absolute atomic E-state index is 12.4. The molecule has 70 valence electrons. The van der Waals surface area contributed by atoms with Crippen molar-refractivity contribution in [3.05, 3.63) is 24.3 Å². The van der Waals surface area contributed by atoms with Gasteiger partial charge in [-0.1, -0.05) is 0 Å². The largest absolute Gasteiger partial charge is 0.399 e. The summed E-state index contributed by atoms with van der Waals surface area (Å²) in [6.45, 7) is 1.19. The number of nitrogens with one attached hydrogen (secondary N) is 1. The molecular formula is C9H11FN2O. The molecule has 1 atom stereocenters. The van der Waals surface area contributed by atoms with Crippen LogP contribution in [0.4, 0.5) is 15.8 Å². The maximum atomic E-state index is 12.4. The highest BCUT2D eigenvalue weighted by Crippen LogP contribution is 2.10. The average Bonchev–Trinajstić information content (AvgIpc) is 2.08. The molecule has 0 aliphatic rings. The van der Waals surface area contributed by atoms with Gasteiger partial charge < -0.3 is 11.1 Å². The fourth-order valence-corrected chi connectivity index (χ4v) is 0.808. The van der Waals surface area contributed by atoms with E-state index in [1.807, 2.05) is 0 Å². The monoisotopic (exact) mass is 182 g/mol. The minimum atomic E-state index is -1.50. The molecule has 1 aromatic rings. The number of nitrogens with two attached hydrogens (primary N) is 1. The second-order valence-electron chi connectivity index (χ2n) is 2.73. The van der Waals surface area contributed by atoms with Crippen LogP contribution in [0.5, 0.6) is 0 Å². The molecule has 0 heterocycles. The van der Waals surface area contributed by atoms with Gasteiger partial charge in [0.15, 0.2) is 6.17 Å². The maximum Gasteiger partial charge on any atom is 0.258 e. The van der Waals surface area contributed by atoms with E-state index in [0.717, 1.165) is 0 Å². The molecule has 0 bridgehead atoms. The number of alkyl halides is 1. The molecule has 1 rings (SSSR count). The highest BCUT2D eigenvalue weighted by Gasteiger charge is 2.09. The minimum Gasteiger partial charge on any atom is -0.399 e. The van der Waals surface area contributed by atoms with Crippen molar-refractivity contribution in [2.24, 2.45) is 0 Å². The number of hydrogen-bond donors (Lipinski definition) is 2. The van der Waals surface area contributed by atoms with E-state index in [0.29, 0.717) is 11.4 Å². The van der Waals surface area contributed by atoms with E-state index in [1.165, 1.54) is 6.92 Å². The summed E-state index contributed by atoms with van der Waals surface area (Å²) in [5.74, 6) is -0.648. The zero-order valence-electron chi connectivity index (χ0n) is 7.25. The van der Waals surface area contributed by atoms with Crippen LogP contribution >= 0.6 is 0 Å². The van der Waals surface area contributed by atoms with Gasteiger partial charge in [0.05, 0.1) is 0 Å². The lowest BCUT2D eigenvalue weighted by molar-refractivity contribution is -0.120. The van der Waals surface area contributed by atoms with Crippen molar-refractivity contribution in [1.29, 1.82) is 0 Å². The molecule has 1 amide bonds. The summed E-state index contributed by atoms with van der Waals surface area (Å²) < 4.78 is 12.4. The molecule has 1 aromatic carbocycles. The first-order chi connectivity index (χ1) is 6.09. The van der Waals surface area contributed by atoms with Gasteiger partial charge in [-0.2, -0.15) is 0 Å². The van der Waals surface area contributed by atoms with Crippen LogP contribution in [0, 0.1) is 0 Å². The summed E-state index contributed by atoms with van der Waals surface area (Å²) in [5.41, 5.74) is 6.58. The van der Waals surface area contributed by atoms with Gasteiger partial charge in [-0.15, -0.1) is 0 Å². The highest BCUT2D eigenvalue weighted by molar-refractivity contribution is 5.93. The lowest BCUT2D eigenvalue weighted by Crippen LogP contribution is -2.20. The van der Waals surface area contributed by atoms with Gasteiger partial charge in [0.1, 0.15) is 0 Å². The molecule has 0 aliphatic heterocycles. The first kappa shape index (κ1) is 9.51. The predicted molar refractivity (Wildman–Crippen MR) is 50.1 cm³/mol. The Morgan fingerprint density at radius 2 is 2.00 bits per heavy atom. The summed E-state index contributed by atoms with van der Waals surface area (Å²) in [6.07, 6.45) is -1.50. The van der Waals surface area contributed by atoms with Crippen LogP contribution in [-0.2, 0) is 4.79 Å². The third-order valence-electron chi connectivity index (χ3n) is 1.54. The van der Waals surface area contributed by atoms with E-state index in [9.17, 15) is 9.18 Å². The number of nitrogen functional groups attached to an aromatic ring is 1. The van der Waals surface area contributed by atoms with Crippen LogP contribution in [0.1, 0.15) is 6.92 Å². The van der Waals surface area contributed by atoms with Crippen LogP contribution in [-0.4, -0.2) is 12.1 Å². The topological polar surface area (TPSA) is 55.1 Å². The molecule has 4 heteroatoms. The number of halogens is 1. The van der Waals surface area contributed by atoms with Crippen molar-refractivity contribution >= 4 is 17.3 Å². The summed E-state index contributed by atoms with van der Waals surface area (Å²) in [7, 11) is 0. The Balaban J connectivity index is 2.65. The van der Waals surface area contributed by atoms with Crippen molar-refractivity contribution in [2.45, 2.75) is 13.1 Å². The molecular weight excluding hydrogens is 171 g/mol. The highest BCUT2D eigenvalue weighted by atomic mass is 19.1. The number of carbonyl (C=O) groups excluding carboxylic acids is 1. The van der Waals surface area contributed by atoms with Crippen molar-refractivity contribution in [3.63, 3.8) is 0 Å². The number of benzene rings is 1. The van der Waals surface area contributed by atoms with Crippen LogP contribution in [0.2, 0.25) is 0 Å². The Bertz CT molecular complexity index is 295. The molecule has 3 N–H and O–H groups in total. The quantitative estimate of drug-likeness (QED) is 0.682. The van der Waals surface area contributed by atoms with Crippen molar-refractivity contribution in [3.8, 4) is 0 Å². The van der Waals surface area contributed by atoms with Crippen LogP contribution in [0.25, 0.3) is 0 Å². The average molecular weight is 182 g/mol. The summed E-state index contributed by atoms with van der Waals surface area (Å²) in [5, 5.41) is 2.40.